The fraction of sp³-hybridized carbons (Fsp3) is 0.627. The summed E-state index contributed by atoms with van der Waals surface area (Å²) in [6.07, 6.45) is 75.0. The van der Waals surface area contributed by atoms with E-state index in [-0.39, 0.29) is 25.2 Å². The fourth-order valence-corrected chi connectivity index (χ4v) is 6.70. The molecule has 0 heterocycles. The molecule has 0 rings (SSSR count). The summed E-state index contributed by atoms with van der Waals surface area (Å²) in [6.45, 7) is 7.40. The lowest BCUT2D eigenvalue weighted by molar-refractivity contribution is -0.163. The van der Waals surface area contributed by atoms with Gasteiger partial charge in [0.15, 0.2) is 6.10 Å². The molecule has 0 spiro atoms. The number of ether oxygens (including phenoxy) is 3. The highest BCUT2D eigenvalue weighted by molar-refractivity contribution is 5.70. The van der Waals surface area contributed by atoms with Crippen LogP contribution in [0.25, 0.3) is 0 Å². The van der Waals surface area contributed by atoms with Crippen LogP contribution in [0.2, 0.25) is 0 Å². The number of hydrogen-bond acceptors (Lipinski definition) is 5. The molecule has 0 fully saturated rings. The largest absolute Gasteiger partial charge is 0.462 e. The molecule has 0 bridgehead atoms. The van der Waals surface area contributed by atoms with Crippen molar-refractivity contribution in [2.75, 3.05) is 19.8 Å². The van der Waals surface area contributed by atoms with Gasteiger partial charge >= 0.3 is 11.9 Å². The molecule has 5 heteroatoms. The Bertz CT molecular complexity index is 1320. The molecule has 0 aromatic carbocycles. The third-order valence-corrected chi connectivity index (χ3v) is 10.5. The minimum absolute atomic E-state index is 0.0522. The molecule has 0 saturated heterocycles. The summed E-state index contributed by atoms with van der Waals surface area (Å²) < 4.78 is 17.4. The van der Waals surface area contributed by atoms with Crippen LogP contribution >= 0.6 is 0 Å². The fourth-order valence-electron chi connectivity index (χ4n) is 6.70. The molecule has 0 saturated carbocycles. The lowest BCUT2D eigenvalue weighted by atomic mass is 10.1. The molecule has 64 heavy (non-hydrogen) atoms. The van der Waals surface area contributed by atoms with Gasteiger partial charge in [0.05, 0.1) is 6.61 Å². The van der Waals surface area contributed by atoms with Crippen molar-refractivity contribution in [3.8, 4) is 0 Å². The van der Waals surface area contributed by atoms with Crippen LogP contribution in [0.3, 0.4) is 0 Å². The van der Waals surface area contributed by atoms with Gasteiger partial charge in [-0.05, 0) is 122 Å². The topological polar surface area (TPSA) is 61.8 Å². The van der Waals surface area contributed by atoms with Crippen molar-refractivity contribution in [1.29, 1.82) is 0 Å². The van der Waals surface area contributed by atoms with Crippen LogP contribution in [0.15, 0.2) is 122 Å². The number of unbranched alkanes of at least 4 members (excludes halogenated alkanes) is 15. The molecule has 1 unspecified atom stereocenters. The molecule has 362 valence electrons. The van der Waals surface area contributed by atoms with E-state index in [1.807, 2.05) is 0 Å². The van der Waals surface area contributed by atoms with E-state index < -0.39 is 6.10 Å². The lowest BCUT2D eigenvalue weighted by Crippen LogP contribution is -2.30. The van der Waals surface area contributed by atoms with Crippen molar-refractivity contribution in [2.45, 2.75) is 219 Å². The summed E-state index contributed by atoms with van der Waals surface area (Å²) in [4.78, 5) is 25.4. The summed E-state index contributed by atoms with van der Waals surface area (Å²) in [5.41, 5.74) is 0. The van der Waals surface area contributed by atoms with Crippen molar-refractivity contribution in [3.05, 3.63) is 122 Å². The average molecular weight is 885 g/mol. The summed E-state index contributed by atoms with van der Waals surface area (Å²) >= 11 is 0. The molecule has 0 aromatic heterocycles. The average Bonchev–Trinajstić information content (AvgIpc) is 3.30. The Balaban J connectivity index is 4.36. The first-order valence-corrected chi connectivity index (χ1v) is 26.1. The van der Waals surface area contributed by atoms with Gasteiger partial charge in [-0.25, -0.2) is 0 Å². The van der Waals surface area contributed by atoms with Gasteiger partial charge in [0.2, 0.25) is 0 Å². The number of carbonyl (C=O) groups is 2. The minimum atomic E-state index is -0.573. The zero-order valence-electron chi connectivity index (χ0n) is 41.5. The highest BCUT2D eigenvalue weighted by Gasteiger charge is 2.17. The Kier molecular flexibility index (Phi) is 50.5. The van der Waals surface area contributed by atoms with Crippen molar-refractivity contribution in [1.82, 2.24) is 0 Å². The second-order valence-corrected chi connectivity index (χ2v) is 16.6. The van der Waals surface area contributed by atoms with E-state index in [0.717, 1.165) is 135 Å². The van der Waals surface area contributed by atoms with Crippen LogP contribution in [0.5, 0.6) is 0 Å². The van der Waals surface area contributed by atoms with Crippen LogP contribution in [0.1, 0.15) is 213 Å². The van der Waals surface area contributed by atoms with E-state index in [9.17, 15) is 9.59 Å². The Hall–Kier alpha value is -3.70. The van der Waals surface area contributed by atoms with E-state index >= 15 is 0 Å². The summed E-state index contributed by atoms with van der Waals surface area (Å²) in [5, 5.41) is 0. The maximum absolute atomic E-state index is 12.8. The monoisotopic (exact) mass is 885 g/mol. The van der Waals surface area contributed by atoms with Crippen LogP contribution in [-0.2, 0) is 23.8 Å². The Morgan fingerprint density at radius 3 is 1.06 bits per heavy atom. The van der Waals surface area contributed by atoms with Gasteiger partial charge in [-0.2, -0.15) is 0 Å². The molecule has 0 aliphatic heterocycles. The maximum atomic E-state index is 12.8. The molecule has 5 nitrogen and oxygen atoms in total. The zero-order valence-corrected chi connectivity index (χ0v) is 41.5. The molecular formula is C59H96O5. The van der Waals surface area contributed by atoms with Crippen LogP contribution in [0, 0.1) is 0 Å². The Morgan fingerprint density at radius 2 is 0.656 bits per heavy atom. The highest BCUT2D eigenvalue weighted by Crippen LogP contribution is 2.12. The highest BCUT2D eigenvalue weighted by atomic mass is 16.6. The molecule has 0 radical (unpaired) electrons. The molecule has 1 atom stereocenters. The van der Waals surface area contributed by atoms with Gasteiger partial charge < -0.3 is 14.2 Å². The van der Waals surface area contributed by atoms with E-state index in [1.165, 1.54) is 44.9 Å². The maximum Gasteiger partial charge on any atom is 0.306 e. The number of hydrogen-bond donors (Lipinski definition) is 0. The van der Waals surface area contributed by atoms with E-state index in [4.69, 9.17) is 14.2 Å². The van der Waals surface area contributed by atoms with E-state index in [1.54, 1.807) is 0 Å². The molecule has 0 aliphatic carbocycles. The molecule has 0 aromatic rings. The predicted octanol–water partition coefficient (Wildman–Crippen LogP) is 17.8. The van der Waals surface area contributed by atoms with E-state index in [2.05, 4.69) is 142 Å². The first kappa shape index (κ1) is 60.3. The van der Waals surface area contributed by atoms with Gasteiger partial charge in [0.25, 0.3) is 0 Å². The van der Waals surface area contributed by atoms with Crippen molar-refractivity contribution < 1.29 is 23.8 Å². The van der Waals surface area contributed by atoms with Crippen LogP contribution in [-0.4, -0.2) is 37.9 Å². The number of carbonyl (C=O) groups excluding carboxylic acids is 2. The number of rotatable bonds is 46. The lowest BCUT2D eigenvalue weighted by Gasteiger charge is -2.18. The summed E-state index contributed by atoms with van der Waals surface area (Å²) in [7, 11) is 0. The normalized spacial score (nSPS) is 13.2. The zero-order chi connectivity index (χ0) is 46.3. The third-order valence-electron chi connectivity index (χ3n) is 10.5. The van der Waals surface area contributed by atoms with Gasteiger partial charge in [0.1, 0.15) is 6.61 Å². The molecular weight excluding hydrogens is 789 g/mol. The summed E-state index contributed by atoms with van der Waals surface area (Å²) in [6, 6.07) is 0. The predicted molar refractivity (Wildman–Crippen MR) is 279 cm³/mol. The third kappa shape index (κ3) is 50.9. The van der Waals surface area contributed by atoms with Gasteiger partial charge in [-0.1, -0.05) is 200 Å². The first-order chi connectivity index (χ1) is 31.6. The standard InChI is InChI=1S/C59H96O5/c1-4-7-10-13-16-19-22-25-27-28-29-30-31-33-36-39-42-45-48-51-54-62-55-57(64-59(61)53-50-47-44-41-38-34-24-21-18-15-12-9-6-3)56-63-58(60)52-49-46-43-40-37-35-32-26-23-20-17-14-11-8-5-2/h7-12,16-21,25-27,29-30,32,34,38,57H,4-6,13-15,22-24,28,31,33,35-37,39-56H2,1-3H3/b10-7-,11-8-,12-9-,19-16-,20-17-,21-18-,27-25-,30-29-,32-26-,38-34-. The second-order valence-electron chi connectivity index (χ2n) is 16.6. The van der Waals surface area contributed by atoms with Crippen molar-refractivity contribution >= 4 is 11.9 Å². The van der Waals surface area contributed by atoms with Gasteiger partial charge in [-0.15, -0.1) is 0 Å². The Morgan fingerprint density at radius 1 is 0.344 bits per heavy atom. The van der Waals surface area contributed by atoms with Crippen molar-refractivity contribution in [3.63, 3.8) is 0 Å². The summed E-state index contributed by atoms with van der Waals surface area (Å²) in [5.74, 6) is -0.465. The second kappa shape index (κ2) is 53.6. The Labute approximate surface area is 395 Å². The van der Waals surface area contributed by atoms with E-state index in [0.29, 0.717) is 19.4 Å². The molecule has 0 aliphatic rings. The number of esters is 2. The number of allylic oxidation sites excluding steroid dienone is 20. The van der Waals surface area contributed by atoms with Gasteiger partial charge in [-0.3, -0.25) is 9.59 Å². The van der Waals surface area contributed by atoms with Crippen LogP contribution < -0.4 is 0 Å². The van der Waals surface area contributed by atoms with Gasteiger partial charge in [0, 0.05) is 19.4 Å². The molecule has 0 amide bonds. The minimum Gasteiger partial charge on any atom is -0.462 e. The quantitative estimate of drug-likeness (QED) is 0.0346. The molecule has 0 N–H and O–H groups in total. The van der Waals surface area contributed by atoms with Crippen molar-refractivity contribution in [2.24, 2.45) is 0 Å². The smallest absolute Gasteiger partial charge is 0.306 e. The van der Waals surface area contributed by atoms with Crippen LogP contribution in [0.4, 0.5) is 0 Å². The SMILES string of the molecule is CC/C=C\C/C=C\C/C=C\C/C=C\CCCCCCCCCOCC(COC(=O)CCCCCCC/C=C\C/C=C\C/C=C\CC)OC(=O)CCCCC/C=C\C/C=C\C/C=C\CC. The first-order valence-electron chi connectivity index (χ1n) is 26.1.